The molecule has 0 saturated carbocycles. The third-order valence-electron chi connectivity index (χ3n) is 2.35. The van der Waals surface area contributed by atoms with Crippen LogP contribution in [0.1, 0.15) is 19.4 Å². The summed E-state index contributed by atoms with van der Waals surface area (Å²) in [6, 6.07) is 4.67. The fraction of sp³-hybridized carbons (Fsp3) is 0.417. The monoisotopic (exact) mass is 286 g/mol. The lowest BCUT2D eigenvalue weighted by atomic mass is 10.1. The number of benzene rings is 1. The first-order valence-corrected chi connectivity index (χ1v) is 7.20. The minimum atomic E-state index is -3.93. The van der Waals surface area contributed by atoms with Crippen molar-refractivity contribution in [1.82, 2.24) is 4.72 Å². The van der Waals surface area contributed by atoms with Crippen molar-refractivity contribution in [3.8, 4) is 5.75 Å². The highest BCUT2D eigenvalue weighted by Crippen LogP contribution is 2.25. The first kappa shape index (κ1) is 15.5. The minimum Gasteiger partial charge on any atom is -0.495 e. The predicted octanol–water partition coefficient (Wildman–Crippen LogP) is 0.410. The Morgan fingerprint density at radius 3 is 2.58 bits per heavy atom. The van der Waals surface area contributed by atoms with Crippen LogP contribution in [0.2, 0.25) is 0 Å². The number of carbonyl (C=O) groups excluding carboxylic acids is 1. The summed E-state index contributed by atoms with van der Waals surface area (Å²) in [5.41, 5.74) is 6.45. The van der Waals surface area contributed by atoms with Crippen LogP contribution in [0.25, 0.3) is 0 Å². The molecule has 0 radical (unpaired) electrons. The Morgan fingerprint density at radius 2 is 2.11 bits per heavy atom. The summed E-state index contributed by atoms with van der Waals surface area (Å²) in [5.74, 6) is -0.471. The van der Waals surface area contributed by atoms with Gasteiger partial charge in [0.25, 0.3) is 10.0 Å². The van der Waals surface area contributed by atoms with E-state index in [2.05, 4.69) is 0 Å². The lowest BCUT2D eigenvalue weighted by Crippen LogP contribution is -2.28. The molecule has 0 fully saturated rings. The van der Waals surface area contributed by atoms with Crippen molar-refractivity contribution in [2.45, 2.75) is 31.2 Å². The third kappa shape index (κ3) is 4.22. The van der Waals surface area contributed by atoms with Gasteiger partial charge in [0.2, 0.25) is 5.91 Å². The van der Waals surface area contributed by atoms with E-state index in [0.29, 0.717) is 6.42 Å². The van der Waals surface area contributed by atoms with Gasteiger partial charge in [-0.2, -0.15) is 0 Å². The number of hydrogen-bond acceptors (Lipinski definition) is 5. The van der Waals surface area contributed by atoms with Gasteiger partial charge < -0.3 is 10.5 Å². The van der Waals surface area contributed by atoms with Gasteiger partial charge in [-0.1, -0.05) is 6.07 Å². The summed E-state index contributed by atoms with van der Waals surface area (Å²) < 4.78 is 31.0. The molecule has 0 aliphatic carbocycles. The number of carbonyl (C=O) groups is 1. The summed E-state index contributed by atoms with van der Waals surface area (Å²) in [4.78, 5) is 10.9. The largest absolute Gasteiger partial charge is 0.495 e. The molecule has 106 valence electrons. The van der Waals surface area contributed by atoms with Crippen molar-refractivity contribution in [2.24, 2.45) is 5.73 Å². The maximum Gasteiger partial charge on any atom is 0.267 e. The van der Waals surface area contributed by atoms with E-state index in [1.807, 2.05) is 11.6 Å². The van der Waals surface area contributed by atoms with Gasteiger partial charge in [0.05, 0.1) is 7.11 Å². The van der Waals surface area contributed by atoms with Gasteiger partial charge in [-0.3, -0.25) is 4.79 Å². The van der Waals surface area contributed by atoms with Crippen LogP contribution in [0.15, 0.2) is 23.1 Å². The topological polar surface area (TPSA) is 98.5 Å². The molecular formula is C12H18N2O4S. The molecule has 3 N–H and O–H groups in total. The van der Waals surface area contributed by atoms with Gasteiger partial charge in [0.15, 0.2) is 0 Å². The molecule has 0 aromatic heterocycles. The van der Waals surface area contributed by atoms with Crippen LogP contribution in [-0.4, -0.2) is 27.5 Å². The zero-order chi connectivity index (χ0) is 14.6. The lowest BCUT2D eigenvalue weighted by Gasteiger charge is -2.12. The molecule has 7 heteroatoms. The summed E-state index contributed by atoms with van der Waals surface area (Å²) in [7, 11) is -2.56. The van der Waals surface area contributed by atoms with Crippen LogP contribution in [0.4, 0.5) is 0 Å². The number of methoxy groups -OCH3 is 1. The van der Waals surface area contributed by atoms with Gasteiger partial charge in [0, 0.05) is 13.0 Å². The molecule has 19 heavy (non-hydrogen) atoms. The number of ether oxygens (including phenoxy) is 1. The molecule has 1 atom stereocenters. The molecule has 0 spiro atoms. The van der Waals surface area contributed by atoms with E-state index >= 15 is 0 Å². The second-order valence-corrected chi connectivity index (χ2v) is 5.98. The van der Waals surface area contributed by atoms with Gasteiger partial charge in [-0.25, -0.2) is 13.1 Å². The second kappa shape index (κ2) is 6.03. The van der Waals surface area contributed by atoms with Crippen LogP contribution < -0.4 is 15.2 Å². The van der Waals surface area contributed by atoms with E-state index in [0.717, 1.165) is 12.5 Å². The van der Waals surface area contributed by atoms with Crippen molar-refractivity contribution in [3.63, 3.8) is 0 Å². The third-order valence-corrected chi connectivity index (χ3v) is 3.81. The zero-order valence-electron chi connectivity index (χ0n) is 11.1. The van der Waals surface area contributed by atoms with E-state index < -0.39 is 15.9 Å². The van der Waals surface area contributed by atoms with Gasteiger partial charge in [0.1, 0.15) is 10.6 Å². The van der Waals surface area contributed by atoms with Crippen molar-refractivity contribution in [2.75, 3.05) is 7.11 Å². The van der Waals surface area contributed by atoms with Crippen LogP contribution in [-0.2, 0) is 21.2 Å². The number of nitrogens with one attached hydrogen (secondary N) is 1. The van der Waals surface area contributed by atoms with E-state index in [-0.39, 0.29) is 16.7 Å². The average Bonchev–Trinajstić information content (AvgIpc) is 2.26. The highest BCUT2D eigenvalue weighted by molar-refractivity contribution is 7.90. The molecule has 1 unspecified atom stereocenters. The van der Waals surface area contributed by atoms with E-state index in [1.165, 1.54) is 13.2 Å². The Morgan fingerprint density at radius 1 is 1.47 bits per heavy atom. The fourth-order valence-corrected chi connectivity index (χ4v) is 2.89. The van der Waals surface area contributed by atoms with Crippen LogP contribution >= 0.6 is 0 Å². The highest BCUT2D eigenvalue weighted by Gasteiger charge is 2.21. The van der Waals surface area contributed by atoms with Gasteiger partial charge in [-0.15, -0.1) is 0 Å². The molecule has 1 amide bonds. The quantitative estimate of drug-likeness (QED) is 0.817. The lowest BCUT2D eigenvalue weighted by molar-refractivity contribution is -0.117. The molecule has 0 bridgehead atoms. The van der Waals surface area contributed by atoms with Crippen LogP contribution in [0.5, 0.6) is 5.75 Å². The fourth-order valence-electron chi connectivity index (χ4n) is 1.67. The maximum absolute atomic E-state index is 12.0. The number of hydrogen-bond donors (Lipinski definition) is 2. The maximum atomic E-state index is 12.0. The molecule has 1 aromatic rings. The van der Waals surface area contributed by atoms with E-state index in [9.17, 15) is 13.2 Å². The number of amides is 1. The Balaban J connectivity index is 3.26. The van der Waals surface area contributed by atoms with Crippen LogP contribution in [0, 0.1) is 0 Å². The highest BCUT2D eigenvalue weighted by atomic mass is 32.2. The molecule has 0 aliphatic rings. The minimum absolute atomic E-state index is 0.0663. The van der Waals surface area contributed by atoms with Crippen molar-refractivity contribution in [1.29, 1.82) is 0 Å². The van der Waals surface area contributed by atoms with Crippen LogP contribution in [0.3, 0.4) is 0 Å². The second-order valence-electron chi connectivity index (χ2n) is 4.33. The van der Waals surface area contributed by atoms with E-state index in [1.54, 1.807) is 12.1 Å². The number of sulfonamides is 1. The molecule has 1 aromatic carbocycles. The first-order chi connectivity index (χ1) is 8.76. The number of nitrogens with two attached hydrogens (primary N) is 1. The van der Waals surface area contributed by atoms with Gasteiger partial charge in [-0.05, 0) is 31.0 Å². The Labute approximate surface area is 113 Å². The predicted molar refractivity (Wildman–Crippen MR) is 71.3 cm³/mol. The normalized spacial score (nSPS) is 12.8. The summed E-state index contributed by atoms with van der Waals surface area (Å²) in [6.45, 7) is 2.96. The summed E-state index contributed by atoms with van der Waals surface area (Å²) in [6.07, 6.45) is 0.534. The van der Waals surface area contributed by atoms with Crippen molar-refractivity contribution >= 4 is 15.9 Å². The molecular weight excluding hydrogens is 268 g/mol. The Hall–Kier alpha value is -1.60. The Bertz CT molecular complexity index is 567. The average molecular weight is 286 g/mol. The summed E-state index contributed by atoms with van der Waals surface area (Å²) >= 11 is 0. The van der Waals surface area contributed by atoms with Crippen molar-refractivity contribution < 1.29 is 17.9 Å². The van der Waals surface area contributed by atoms with Crippen molar-refractivity contribution in [3.05, 3.63) is 23.8 Å². The molecule has 0 aliphatic heterocycles. The summed E-state index contributed by atoms with van der Waals surface area (Å²) in [5, 5.41) is 0. The Kier molecular flexibility index (Phi) is 4.90. The SMILES string of the molecule is COc1ccc(CC(C)N)cc1S(=O)(=O)NC(C)=O. The molecule has 1 rings (SSSR count). The molecule has 0 heterocycles. The molecule has 6 nitrogen and oxygen atoms in total. The zero-order valence-corrected chi connectivity index (χ0v) is 12.0. The standard InChI is InChI=1S/C12H18N2O4S/c1-8(13)6-10-4-5-11(18-3)12(7-10)19(16,17)14-9(2)15/h4-5,7-8H,6,13H2,1-3H3,(H,14,15). The first-order valence-electron chi connectivity index (χ1n) is 5.72. The smallest absolute Gasteiger partial charge is 0.267 e. The van der Waals surface area contributed by atoms with Gasteiger partial charge >= 0.3 is 0 Å². The van der Waals surface area contributed by atoms with E-state index in [4.69, 9.17) is 10.5 Å². The molecule has 0 saturated heterocycles. The number of rotatable bonds is 5.